The molecule has 0 saturated heterocycles. The normalized spacial score (nSPS) is 10.5. The number of ether oxygens (including phenoxy) is 2. The van der Waals surface area contributed by atoms with E-state index in [9.17, 15) is 4.79 Å². The van der Waals surface area contributed by atoms with Gasteiger partial charge in [-0.3, -0.25) is 4.68 Å². The first-order valence-electron chi connectivity index (χ1n) is 4.97. The van der Waals surface area contributed by atoms with Gasteiger partial charge in [0.25, 0.3) is 0 Å². The Kier molecular flexibility index (Phi) is 2.86. The highest BCUT2D eigenvalue weighted by Gasteiger charge is 2.11. The van der Waals surface area contributed by atoms with Crippen LogP contribution in [0.5, 0.6) is 11.6 Å². The van der Waals surface area contributed by atoms with Crippen molar-refractivity contribution in [2.24, 2.45) is 7.05 Å². The van der Waals surface area contributed by atoms with Crippen LogP contribution >= 0.6 is 0 Å². The van der Waals surface area contributed by atoms with Gasteiger partial charge in [0.15, 0.2) is 6.61 Å². The number of fused-ring (bicyclic) bond motifs is 1. The van der Waals surface area contributed by atoms with E-state index in [0.717, 1.165) is 10.9 Å². The maximum Gasteiger partial charge on any atom is 0.341 e. The molecule has 2 aromatic rings. The summed E-state index contributed by atoms with van der Waals surface area (Å²) < 4.78 is 11.8. The number of methoxy groups -OCH3 is 1. The van der Waals surface area contributed by atoms with Crippen molar-refractivity contribution < 1.29 is 19.4 Å². The van der Waals surface area contributed by atoms with Crippen LogP contribution in [0.2, 0.25) is 0 Å². The zero-order chi connectivity index (χ0) is 12.4. The van der Waals surface area contributed by atoms with Gasteiger partial charge in [0.1, 0.15) is 5.75 Å². The fraction of sp³-hybridized carbons (Fsp3) is 0.273. The largest absolute Gasteiger partial charge is 0.497 e. The maximum atomic E-state index is 10.5. The third-order valence-electron chi connectivity index (χ3n) is 2.36. The molecule has 1 heterocycles. The lowest BCUT2D eigenvalue weighted by atomic mass is 10.2. The van der Waals surface area contributed by atoms with Crippen LogP contribution in [0.3, 0.4) is 0 Å². The number of rotatable bonds is 4. The van der Waals surface area contributed by atoms with E-state index in [1.165, 1.54) is 0 Å². The molecule has 90 valence electrons. The second kappa shape index (κ2) is 4.32. The molecule has 0 spiro atoms. The summed E-state index contributed by atoms with van der Waals surface area (Å²) in [5, 5.41) is 13.4. The van der Waals surface area contributed by atoms with Crippen molar-refractivity contribution in [3.8, 4) is 11.6 Å². The van der Waals surface area contributed by atoms with Crippen LogP contribution in [0.15, 0.2) is 18.2 Å². The lowest BCUT2D eigenvalue weighted by Gasteiger charge is -2.01. The highest BCUT2D eigenvalue weighted by molar-refractivity contribution is 5.86. The van der Waals surface area contributed by atoms with Crippen LogP contribution in [0.4, 0.5) is 0 Å². The number of carbonyl (C=O) groups is 1. The van der Waals surface area contributed by atoms with Gasteiger partial charge in [-0.1, -0.05) is 0 Å². The zero-order valence-corrected chi connectivity index (χ0v) is 9.51. The summed E-state index contributed by atoms with van der Waals surface area (Å²) in [5.74, 6) is -0.0684. The van der Waals surface area contributed by atoms with Crippen LogP contribution in [-0.4, -0.2) is 34.6 Å². The molecule has 0 saturated carbocycles. The summed E-state index contributed by atoms with van der Waals surface area (Å²) in [6.45, 7) is -0.413. The molecule has 0 aliphatic rings. The van der Waals surface area contributed by atoms with Crippen LogP contribution in [0.25, 0.3) is 10.9 Å². The number of carboxylic acids is 1. The van der Waals surface area contributed by atoms with Gasteiger partial charge in [-0.2, -0.15) is 0 Å². The molecule has 0 radical (unpaired) electrons. The summed E-state index contributed by atoms with van der Waals surface area (Å²) in [6.07, 6.45) is 0. The highest BCUT2D eigenvalue weighted by Crippen LogP contribution is 2.28. The Morgan fingerprint density at radius 3 is 2.94 bits per heavy atom. The first-order chi connectivity index (χ1) is 8.11. The lowest BCUT2D eigenvalue weighted by molar-refractivity contribution is -0.139. The first kappa shape index (κ1) is 11.3. The number of aliphatic carboxylic acids is 1. The summed E-state index contributed by atoms with van der Waals surface area (Å²) in [6, 6.07) is 5.42. The minimum Gasteiger partial charge on any atom is -0.497 e. The molecule has 0 aliphatic carbocycles. The monoisotopic (exact) mass is 236 g/mol. The molecule has 0 bridgehead atoms. The van der Waals surface area contributed by atoms with E-state index in [4.69, 9.17) is 14.6 Å². The summed E-state index contributed by atoms with van der Waals surface area (Å²) in [5.41, 5.74) is 0.853. The third kappa shape index (κ3) is 2.15. The fourth-order valence-electron chi connectivity index (χ4n) is 1.58. The molecule has 0 aliphatic heterocycles. The van der Waals surface area contributed by atoms with Crippen LogP contribution < -0.4 is 9.47 Å². The number of carboxylic acid groups (broad SMARTS) is 1. The van der Waals surface area contributed by atoms with Gasteiger partial charge < -0.3 is 14.6 Å². The van der Waals surface area contributed by atoms with E-state index in [1.807, 2.05) is 12.1 Å². The number of nitrogens with zero attached hydrogens (tertiary/aromatic N) is 2. The van der Waals surface area contributed by atoms with Gasteiger partial charge in [-0.05, 0) is 18.2 Å². The average Bonchev–Trinajstić information content (AvgIpc) is 2.63. The SMILES string of the molecule is COc1ccc2c(c1)c(OCC(=O)O)nn2C. The van der Waals surface area contributed by atoms with Gasteiger partial charge in [-0.25, -0.2) is 4.79 Å². The Hall–Kier alpha value is -2.24. The van der Waals surface area contributed by atoms with Crippen LogP contribution in [0, 0.1) is 0 Å². The number of aryl methyl sites for hydroxylation is 1. The molecule has 0 fully saturated rings. The van der Waals surface area contributed by atoms with Crippen LogP contribution in [0.1, 0.15) is 0 Å². The summed E-state index contributed by atoms with van der Waals surface area (Å²) >= 11 is 0. The Labute approximate surface area is 97.4 Å². The second-order valence-corrected chi connectivity index (χ2v) is 3.49. The van der Waals surface area contributed by atoms with Crippen molar-refractivity contribution in [2.75, 3.05) is 13.7 Å². The van der Waals surface area contributed by atoms with Gasteiger partial charge >= 0.3 is 5.97 Å². The van der Waals surface area contributed by atoms with Crippen molar-refractivity contribution in [2.45, 2.75) is 0 Å². The Bertz CT molecular complexity index is 562. The predicted octanol–water partition coefficient (Wildman–Crippen LogP) is 1.05. The van der Waals surface area contributed by atoms with Crippen molar-refractivity contribution in [1.82, 2.24) is 9.78 Å². The lowest BCUT2D eigenvalue weighted by Crippen LogP contribution is -2.09. The van der Waals surface area contributed by atoms with E-state index >= 15 is 0 Å². The molecular weight excluding hydrogens is 224 g/mol. The molecule has 0 amide bonds. The first-order valence-corrected chi connectivity index (χ1v) is 4.97. The number of benzene rings is 1. The van der Waals surface area contributed by atoms with Gasteiger partial charge in [0.2, 0.25) is 5.88 Å². The molecule has 2 rings (SSSR count). The standard InChI is InChI=1S/C11H12N2O4/c1-13-9-4-3-7(16-2)5-8(9)11(12-13)17-6-10(14)15/h3-5H,6H2,1-2H3,(H,14,15). The predicted molar refractivity (Wildman–Crippen MR) is 60.4 cm³/mol. The molecule has 1 aromatic carbocycles. The Balaban J connectivity index is 2.43. The van der Waals surface area contributed by atoms with Crippen molar-refractivity contribution in [3.63, 3.8) is 0 Å². The van der Waals surface area contributed by atoms with Crippen molar-refractivity contribution in [3.05, 3.63) is 18.2 Å². The topological polar surface area (TPSA) is 73.6 Å². The minimum absolute atomic E-state index is 0.295. The smallest absolute Gasteiger partial charge is 0.341 e. The van der Waals surface area contributed by atoms with E-state index in [1.54, 1.807) is 24.9 Å². The maximum absolute atomic E-state index is 10.5. The number of hydrogen-bond acceptors (Lipinski definition) is 4. The van der Waals surface area contributed by atoms with E-state index in [-0.39, 0.29) is 0 Å². The Morgan fingerprint density at radius 1 is 1.53 bits per heavy atom. The van der Waals surface area contributed by atoms with Crippen LogP contribution in [-0.2, 0) is 11.8 Å². The number of hydrogen-bond donors (Lipinski definition) is 1. The molecule has 0 unspecified atom stereocenters. The quantitative estimate of drug-likeness (QED) is 0.858. The van der Waals surface area contributed by atoms with E-state index < -0.39 is 12.6 Å². The molecule has 1 aromatic heterocycles. The van der Waals surface area contributed by atoms with Crippen molar-refractivity contribution >= 4 is 16.9 Å². The third-order valence-corrected chi connectivity index (χ3v) is 2.36. The average molecular weight is 236 g/mol. The van der Waals surface area contributed by atoms with E-state index in [2.05, 4.69) is 5.10 Å². The summed E-state index contributed by atoms with van der Waals surface area (Å²) in [7, 11) is 3.33. The molecule has 6 nitrogen and oxygen atoms in total. The second-order valence-electron chi connectivity index (χ2n) is 3.49. The van der Waals surface area contributed by atoms with Gasteiger partial charge in [-0.15, -0.1) is 5.10 Å². The van der Waals surface area contributed by atoms with E-state index in [0.29, 0.717) is 11.6 Å². The highest BCUT2D eigenvalue weighted by atomic mass is 16.5. The molecule has 17 heavy (non-hydrogen) atoms. The zero-order valence-electron chi connectivity index (χ0n) is 9.51. The molecule has 1 N–H and O–H groups in total. The van der Waals surface area contributed by atoms with Crippen molar-refractivity contribution in [1.29, 1.82) is 0 Å². The Morgan fingerprint density at radius 2 is 2.29 bits per heavy atom. The number of aromatic nitrogens is 2. The summed E-state index contributed by atoms with van der Waals surface area (Å²) in [4.78, 5) is 10.5. The van der Waals surface area contributed by atoms with Gasteiger partial charge in [0.05, 0.1) is 18.0 Å². The minimum atomic E-state index is -1.04. The molecule has 6 heteroatoms. The fourth-order valence-corrected chi connectivity index (χ4v) is 1.58. The molecule has 0 atom stereocenters. The molecular formula is C11H12N2O4. The van der Waals surface area contributed by atoms with Gasteiger partial charge in [0, 0.05) is 7.05 Å².